The molecule has 12 atom stereocenters. The van der Waals surface area contributed by atoms with Crippen LogP contribution in [0.25, 0.3) is 0 Å². The summed E-state index contributed by atoms with van der Waals surface area (Å²) in [6.45, 7) is 18.2. The number of carboxylic acids is 1. The van der Waals surface area contributed by atoms with Crippen molar-refractivity contribution in [1.82, 2.24) is 56.8 Å². The lowest BCUT2D eigenvalue weighted by molar-refractivity contribution is -0.148. The van der Waals surface area contributed by atoms with Crippen LogP contribution in [0.4, 0.5) is 0 Å². The van der Waals surface area contributed by atoms with Gasteiger partial charge in [0.05, 0.1) is 6.10 Å². The first kappa shape index (κ1) is 67.0. The molecule has 5 aliphatic heterocycles. The van der Waals surface area contributed by atoms with Crippen LogP contribution in [0.1, 0.15) is 145 Å². The number of amides is 10. The zero-order valence-corrected chi connectivity index (χ0v) is 51.2. The number of fused-ring (bicyclic) bond motifs is 3. The molecule has 6 rings (SSSR count). The van der Waals surface area contributed by atoms with Gasteiger partial charge < -0.3 is 67.0 Å². The van der Waals surface area contributed by atoms with Crippen molar-refractivity contribution in [1.29, 1.82) is 0 Å². The first-order chi connectivity index (χ1) is 40.2. The molecule has 0 saturated carbocycles. The van der Waals surface area contributed by atoms with Gasteiger partial charge in [0.2, 0.25) is 53.2 Å². The molecule has 1 aromatic carbocycles. The van der Waals surface area contributed by atoms with Crippen LogP contribution < -0.4 is 37.2 Å². The van der Waals surface area contributed by atoms with E-state index in [4.69, 9.17) is 0 Å². The third-order valence-electron chi connectivity index (χ3n) is 16.9. The van der Waals surface area contributed by atoms with E-state index >= 15 is 9.59 Å². The highest BCUT2D eigenvalue weighted by atomic mass is 16.4. The largest absolute Gasteiger partial charge is 0.480 e. The van der Waals surface area contributed by atoms with E-state index in [-0.39, 0.29) is 88.9 Å². The lowest BCUT2D eigenvalue weighted by Crippen LogP contribution is -2.60. The third-order valence-corrected chi connectivity index (χ3v) is 16.9. The second-order valence-electron chi connectivity index (χ2n) is 25.4. The molecule has 4 fully saturated rings. The number of hydrogen-bond donors (Lipinski definition) is 9. The van der Waals surface area contributed by atoms with Crippen molar-refractivity contribution in [3.05, 3.63) is 47.8 Å². The molecule has 470 valence electrons. The monoisotopic (exact) mass is 1190 g/mol. The van der Waals surface area contributed by atoms with Crippen molar-refractivity contribution in [2.24, 2.45) is 29.6 Å². The number of likely N-dealkylation sites (tertiary alicyclic amines) is 1. The van der Waals surface area contributed by atoms with E-state index in [1.165, 1.54) is 19.6 Å². The van der Waals surface area contributed by atoms with Gasteiger partial charge in [0, 0.05) is 45.2 Å². The van der Waals surface area contributed by atoms with Crippen molar-refractivity contribution in [2.45, 2.75) is 213 Å². The Morgan fingerprint density at radius 2 is 1.24 bits per heavy atom. The summed E-state index contributed by atoms with van der Waals surface area (Å²) in [7, 11) is 0. The van der Waals surface area contributed by atoms with Gasteiger partial charge in [-0.15, -0.1) is 0 Å². The molecule has 0 bridgehead atoms. The Morgan fingerprint density at radius 1 is 0.635 bits per heavy atom. The van der Waals surface area contributed by atoms with Crippen molar-refractivity contribution < 1.29 is 63.0 Å². The average molecular weight is 1190 g/mol. The van der Waals surface area contributed by atoms with Crippen LogP contribution in [-0.2, 0) is 59.2 Å². The average Bonchev–Trinajstić information content (AvgIpc) is 2.93. The first-order valence-corrected chi connectivity index (χ1v) is 30.7. The molecular formula is C61H93N11O13. The Bertz CT molecular complexity index is 2630. The minimum Gasteiger partial charge on any atom is -0.480 e. The molecule has 0 radical (unpaired) electrons. The minimum atomic E-state index is -1.30. The van der Waals surface area contributed by atoms with Crippen LogP contribution in [0, 0.1) is 29.6 Å². The summed E-state index contributed by atoms with van der Waals surface area (Å²) in [5, 5.41) is 40.9. The summed E-state index contributed by atoms with van der Waals surface area (Å²) in [5.74, 6) is -9.51. The van der Waals surface area contributed by atoms with Gasteiger partial charge in [-0.1, -0.05) is 106 Å². The zero-order valence-electron chi connectivity index (χ0n) is 51.2. The molecule has 5 heterocycles. The van der Waals surface area contributed by atoms with E-state index in [0.29, 0.717) is 37.7 Å². The molecular weight excluding hydrogens is 1090 g/mol. The Balaban J connectivity index is 1.41. The molecule has 5 aliphatic rings. The number of nitrogens with one attached hydrogen (secondary N) is 7. The zero-order chi connectivity index (χ0) is 62.6. The number of benzene rings is 1. The highest BCUT2D eigenvalue weighted by Gasteiger charge is 2.47. The lowest BCUT2D eigenvalue weighted by Gasteiger charge is -2.35. The predicted molar refractivity (Wildman–Crippen MR) is 314 cm³/mol. The maximum absolute atomic E-state index is 15.3. The fourth-order valence-corrected chi connectivity index (χ4v) is 12.2. The number of aliphatic hydroxyl groups excluding tert-OH is 1. The highest BCUT2D eigenvalue weighted by Crippen LogP contribution is 2.29. The molecule has 1 aromatic rings. The molecule has 4 saturated heterocycles. The van der Waals surface area contributed by atoms with E-state index < -0.39 is 149 Å². The van der Waals surface area contributed by atoms with E-state index in [2.05, 4.69) is 37.2 Å². The van der Waals surface area contributed by atoms with E-state index in [1.54, 1.807) is 51.1 Å². The number of carboxylic acid groups (broad SMARTS) is 1. The quantitative estimate of drug-likeness (QED) is 0.107. The number of carbonyl (C=O) groups is 11. The summed E-state index contributed by atoms with van der Waals surface area (Å²) in [6.07, 6.45) is 2.47. The number of aliphatic hydroxyl groups is 1. The van der Waals surface area contributed by atoms with Crippen LogP contribution in [0.2, 0.25) is 0 Å². The van der Waals surface area contributed by atoms with E-state index in [1.807, 2.05) is 48.5 Å². The molecule has 0 aliphatic carbocycles. The molecule has 24 heteroatoms. The van der Waals surface area contributed by atoms with Crippen LogP contribution in [0.5, 0.6) is 0 Å². The normalized spacial score (nSPS) is 27.0. The van der Waals surface area contributed by atoms with E-state index in [9.17, 15) is 53.4 Å². The first-order valence-electron chi connectivity index (χ1n) is 30.7. The molecule has 0 spiro atoms. The molecule has 0 aromatic heterocycles. The SMILES string of the molecule is CCC(C)C1NC=C(C(=O)N2CCCC2C(=O)NC(Cc2ccccc2)C(=O)NC(CC(C)C)C(=O)O)NC(=O)C(CC(C)C)NC(=O)C2CCCN2C(=O)C2CCCN2C(=O)C(CC(C)C)NC(=O)C(C(C)C)NC(=O)C2CC(O)CN2C1=O. The van der Waals surface area contributed by atoms with Crippen LogP contribution >= 0.6 is 0 Å². The van der Waals surface area contributed by atoms with Gasteiger partial charge in [0.25, 0.3) is 5.91 Å². The summed E-state index contributed by atoms with van der Waals surface area (Å²) in [6, 6.07) is -3.04. The van der Waals surface area contributed by atoms with Crippen molar-refractivity contribution in [2.75, 3.05) is 26.2 Å². The van der Waals surface area contributed by atoms with Gasteiger partial charge >= 0.3 is 5.97 Å². The number of rotatable bonds is 17. The third kappa shape index (κ3) is 17.3. The Kier molecular flexibility index (Phi) is 23.9. The second-order valence-corrected chi connectivity index (χ2v) is 25.4. The Labute approximate surface area is 499 Å². The topological polar surface area (TPSA) is 325 Å². The van der Waals surface area contributed by atoms with Crippen molar-refractivity contribution >= 4 is 65.0 Å². The standard InChI is InChI=1S/C61H93N11O13/c1-11-37(10)50-60(83)72-32-39(73)30-48(72)55(78)68-49(36(8)9)56(79)65-42(27-34(4)5)57(80)71-25-17-22-47(71)59(82)70-24-16-21-46(70)54(77)63-40(26-33(2)3)51(74)67-44(31-62-50)58(81)69-23-15-20-45(69)53(76)64-41(29-38-18-13-12-14-19-38)52(75)66-43(61(84)85)28-35(6)7/h12-14,18-19,31,33-37,39-43,45-50,62,73H,11,15-17,20-30,32H2,1-10H3,(H,63,77)(H,64,76)(H,65,79)(H,66,75)(H,67,74)(H,68,78)(H,84,85). The lowest BCUT2D eigenvalue weighted by atomic mass is 9.97. The molecule has 10 amide bonds. The molecule has 12 unspecified atom stereocenters. The smallest absolute Gasteiger partial charge is 0.326 e. The van der Waals surface area contributed by atoms with Gasteiger partial charge in [-0.05, 0) is 92.9 Å². The fourth-order valence-electron chi connectivity index (χ4n) is 12.2. The van der Waals surface area contributed by atoms with Gasteiger partial charge in [-0.3, -0.25) is 47.9 Å². The van der Waals surface area contributed by atoms with Crippen molar-refractivity contribution in [3.8, 4) is 0 Å². The summed E-state index contributed by atoms with van der Waals surface area (Å²) < 4.78 is 0. The summed E-state index contributed by atoms with van der Waals surface area (Å²) >= 11 is 0. The van der Waals surface area contributed by atoms with Gasteiger partial charge in [0.15, 0.2) is 0 Å². The number of nitrogens with zero attached hydrogens (tertiary/aromatic N) is 4. The summed E-state index contributed by atoms with van der Waals surface area (Å²) in [5.41, 5.74) is 0.230. The second kappa shape index (κ2) is 30.3. The van der Waals surface area contributed by atoms with Crippen LogP contribution in [0.15, 0.2) is 42.2 Å². The number of carbonyl (C=O) groups excluding carboxylic acids is 10. The van der Waals surface area contributed by atoms with Crippen LogP contribution in [0.3, 0.4) is 0 Å². The van der Waals surface area contributed by atoms with Gasteiger partial charge in [0.1, 0.15) is 66.1 Å². The molecule has 24 nitrogen and oxygen atoms in total. The highest BCUT2D eigenvalue weighted by molar-refractivity contribution is 6.03. The maximum atomic E-state index is 15.3. The minimum absolute atomic E-state index is 0.000827. The predicted octanol–water partition coefficient (Wildman–Crippen LogP) is 1.44. The Morgan fingerprint density at radius 3 is 1.85 bits per heavy atom. The van der Waals surface area contributed by atoms with Crippen LogP contribution in [-0.4, -0.2) is 188 Å². The number of aliphatic carboxylic acids is 1. The molecule has 9 N–H and O–H groups in total. The van der Waals surface area contributed by atoms with Crippen molar-refractivity contribution in [3.63, 3.8) is 0 Å². The van der Waals surface area contributed by atoms with Gasteiger partial charge in [-0.25, -0.2) is 4.79 Å². The maximum Gasteiger partial charge on any atom is 0.326 e. The van der Waals surface area contributed by atoms with Gasteiger partial charge in [-0.2, -0.15) is 0 Å². The summed E-state index contributed by atoms with van der Waals surface area (Å²) in [4.78, 5) is 164. The fraction of sp³-hybridized carbons (Fsp3) is 0.689. The number of hydrogen-bond acceptors (Lipinski definition) is 13. The Hall–Kier alpha value is -7.11. The van der Waals surface area contributed by atoms with E-state index in [0.717, 1.165) is 6.20 Å². The molecule has 85 heavy (non-hydrogen) atoms.